The van der Waals surface area contributed by atoms with Crippen molar-refractivity contribution < 1.29 is 4.21 Å². The van der Waals surface area contributed by atoms with E-state index in [-0.39, 0.29) is 0 Å². The van der Waals surface area contributed by atoms with Crippen molar-refractivity contribution >= 4 is 16.4 Å². The fraction of sp³-hybridized carbons (Fsp3) is 0.333. The molecule has 14 heavy (non-hydrogen) atoms. The molecular weight excluding hydrogens is 192 g/mol. The van der Waals surface area contributed by atoms with Crippen molar-refractivity contribution in [3.63, 3.8) is 0 Å². The molecule has 76 valence electrons. The van der Waals surface area contributed by atoms with Crippen molar-refractivity contribution in [3.05, 3.63) is 36.4 Å². The lowest BCUT2D eigenvalue weighted by Crippen LogP contribution is -1.88. The highest BCUT2D eigenvalue weighted by atomic mass is 32.2. The van der Waals surface area contributed by atoms with E-state index in [1.165, 1.54) is 0 Å². The van der Waals surface area contributed by atoms with Gasteiger partial charge in [0.2, 0.25) is 0 Å². The molecule has 1 rings (SSSR count). The van der Waals surface area contributed by atoms with Gasteiger partial charge in [0.15, 0.2) is 0 Å². The summed E-state index contributed by atoms with van der Waals surface area (Å²) >= 11 is 0. The predicted molar refractivity (Wildman–Crippen MR) is 62.7 cm³/mol. The third-order valence-electron chi connectivity index (χ3n) is 2.15. The first-order chi connectivity index (χ1) is 6.65. The van der Waals surface area contributed by atoms with Crippen LogP contribution in [-0.4, -0.2) is 10.5 Å². The van der Waals surface area contributed by atoms with Crippen molar-refractivity contribution in [1.82, 2.24) is 0 Å². The van der Waals surface area contributed by atoms with Crippen molar-refractivity contribution in [2.45, 2.75) is 24.7 Å². The minimum Gasteiger partial charge on any atom is -0.255 e. The molecule has 0 aliphatic heterocycles. The molecule has 0 amide bonds. The molecule has 0 bridgehead atoms. The minimum atomic E-state index is -0.884. The van der Waals surface area contributed by atoms with Crippen molar-refractivity contribution in [3.8, 4) is 0 Å². The fourth-order valence-corrected chi connectivity index (χ4v) is 1.85. The van der Waals surface area contributed by atoms with E-state index in [1.54, 1.807) is 6.26 Å². The van der Waals surface area contributed by atoms with Gasteiger partial charge in [-0.05, 0) is 29.7 Å². The van der Waals surface area contributed by atoms with E-state index in [1.807, 2.05) is 24.3 Å². The summed E-state index contributed by atoms with van der Waals surface area (Å²) in [7, 11) is -0.884. The maximum atomic E-state index is 11.1. The second-order valence-corrected chi connectivity index (χ2v) is 4.71. The van der Waals surface area contributed by atoms with Crippen LogP contribution in [0.5, 0.6) is 0 Å². The SMILES string of the molecule is C=C(CCC)c1ccc(S(C)=O)cc1. The first-order valence-electron chi connectivity index (χ1n) is 4.76. The van der Waals surface area contributed by atoms with Gasteiger partial charge >= 0.3 is 0 Å². The van der Waals surface area contributed by atoms with Crippen LogP contribution in [0.25, 0.3) is 5.57 Å². The summed E-state index contributed by atoms with van der Waals surface area (Å²) in [6, 6.07) is 7.81. The van der Waals surface area contributed by atoms with Gasteiger partial charge in [0.1, 0.15) is 0 Å². The van der Waals surface area contributed by atoms with Gasteiger partial charge in [0.25, 0.3) is 0 Å². The van der Waals surface area contributed by atoms with E-state index in [0.717, 1.165) is 28.9 Å². The third kappa shape index (κ3) is 2.81. The summed E-state index contributed by atoms with van der Waals surface area (Å²) in [5.74, 6) is 0. The van der Waals surface area contributed by atoms with E-state index < -0.39 is 10.8 Å². The fourth-order valence-electron chi connectivity index (χ4n) is 1.33. The van der Waals surface area contributed by atoms with Gasteiger partial charge in [-0.25, -0.2) is 0 Å². The first-order valence-corrected chi connectivity index (χ1v) is 6.32. The summed E-state index contributed by atoms with van der Waals surface area (Å²) in [5.41, 5.74) is 2.31. The third-order valence-corrected chi connectivity index (χ3v) is 3.08. The first kappa shape index (κ1) is 11.2. The molecule has 0 N–H and O–H groups in total. The lowest BCUT2D eigenvalue weighted by atomic mass is 10.0. The van der Waals surface area contributed by atoms with Crippen LogP contribution in [-0.2, 0) is 10.8 Å². The molecule has 0 fully saturated rings. The van der Waals surface area contributed by atoms with Gasteiger partial charge < -0.3 is 0 Å². The highest BCUT2D eigenvalue weighted by molar-refractivity contribution is 7.84. The van der Waals surface area contributed by atoms with Crippen LogP contribution in [0.3, 0.4) is 0 Å². The van der Waals surface area contributed by atoms with Gasteiger partial charge in [-0.3, -0.25) is 4.21 Å². The van der Waals surface area contributed by atoms with Gasteiger partial charge in [-0.15, -0.1) is 0 Å². The Labute approximate surface area is 88.3 Å². The van der Waals surface area contributed by atoms with E-state index in [4.69, 9.17) is 0 Å². The molecule has 0 spiro atoms. The molecule has 0 heterocycles. The topological polar surface area (TPSA) is 17.1 Å². The second-order valence-electron chi connectivity index (χ2n) is 3.33. The van der Waals surface area contributed by atoms with Crippen LogP contribution in [0.2, 0.25) is 0 Å². The summed E-state index contributed by atoms with van der Waals surface area (Å²) in [6.45, 7) is 6.15. The maximum absolute atomic E-state index is 11.1. The van der Waals surface area contributed by atoms with Gasteiger partial charge in [-0.1, -0.05) is 32.1 Å². The average Bonchev–Trinajstić information content (AvgIpc) is 2.18. The summed E-state index contributed by atoms with van der Waals surface area (Å²) in [4.78, 5) is 0.873. The van der Waals surface area contributed by atoms with Crippen LogP contribution in [0, 0.1) is 0 Å². The molecule has 1 nitrogen and oxygen atoms in total. The molecule has 1 aromatic rings. The zero-order valence-electron chi connectivity index (χ0n) is 8.75. The zero-order chi connectivity index (χ0) is 10.6. The molecule has 1 atom stereocenters. The Morgan fingerprint density at radius 3 is 2.36 bits per heavy atom. The van der Waals surface area contributed by atoms with E-state index in [2.05, 4.69) is 13.5 Å². The Balaban J connectivity index is 2.83. The van der Waals surface area contributed by atoms with Crippen LogP contribution >= 0.6 is 0 Å². The number of hydrogen-bond acceptors (Lipinski definition) is 1. The Morgan fingerprint density at radius 2 is 1.93 bits per heavy atom. The molecule has 0 aliphatic carbocycles. The summed E-state index contributed by atoms with van der Waals surface area (Å²) < 4.78 is 11.1. The highest BCUT2D eigenvalue weighted by Gasteiger charge is 2.00. The van der Waals surface area contributed by atoms with Crippen molar-refractivity contribution in [2.75, 3.05) is 6.26 Å². The smallest absolute Gasteiger partial charge is 0.0498 e. The maximum Gasteiger partial charge on any atom is 0.0498 e. The monoisotopic (exact) mass is 208 g/mol. The predicted octanol–water partition coefficient (Wildman–Crippen LogP) is 3.24. The standard InChI is InChI=1S/C12H16OS/c1-4-5-10(2)11-6-8-12(9-7-11)14(3)13/h6-9H,2,4-5H2,1,3H3. The van der Waals surface area contributed by atoms with Crippen LogP contribution < -0.4 is 0 Å². The number of benzene rings is 1. The molecule has 1 aromatic carbocycles. The lowest BCUT2D eigenvalue weighted by molar-refractivity contribution is 0.687. The number of rotatable bonds is 4. The van der Waals surface area contributed by atoms with Crippen molar-refractivity contribution in [2.24, 2.45) is 0 Å². The molecule has 2 heteroatoms. The number of allylic oxidation sites excluding steroid dienone is 1. The van der Waals surface area contributed by atoms with E-state index >= 15 is 0 Å². The highest BCUT2D eigenvalue weighted by Crippen LogP contribution is 2.18. The number of hydrogen-bond donors (Lipinski definition) is 0. The van der Waals surface area contributed by atoms with Crippen LogP contribution in [0.4, 0.5) is 0 Å². The minimum absolute atomic E-state index is 0.873. The molecule has 0 aromatic heterocycles. The van der Waals surface area contributed by atoms with Crippen LogP contribution in [0.1, 0.15) is 25.3 Å². The molecular formula is C12H16OS. The van der Waals surface area contributed by atoms with Gasteiger partial charge in [0, 0.05) is 22.0 Å². The zero-order valence-corrected chi connectivity index (χ0v) is 9.56. The summed E-state index contributed by atoms with van der Waals surface area (Å²) in [5, 5.41) is 0. The lowest BCUT2D eigenvalue weighted by Gasteiger charge is -2.04. The van der Waals surface area contributed by atoms with Gasteiger partial charge in [-0.2, -0.15) is 0 Å². The largest absolute Gasteiger partial charge is 0.255 e. The quantitative estimate of drug-likeness (QED) is 0.742. The Kier molecular flexibility index (Phi) is 4.08. The van der Waals surface area contributed by atoms with Crippen molar-refractivity contribution in [1.29, 1.82) is 0 Å². The van der Waals surface area contributed by atoms with Crippen LogP contribution in [0.15, 0.2) is 35.7 Å². The Hall–Kier alpha value is -0.890. The Bertz CT molecular complexity index is 338. The Morgan fingerprint density at radius 1 is 1.36 bits per heavy atom. The molecule has 0 saturated heterocycles. The second kappa shape index (κ2) is 5.11. The van der Waals surface area contributed by atoms with Gasteiger partial charge in [0.05, 0.1) is 0 Å². The molecule has 0 radical (unpaired) electrons. The van der Waals surface area contributed by atoms with E-state index in [9.17, 15) is 4.21 Å². The molecule has 1 unspecified atom stereocenters. The average molecular weight is 208 g/mol. The van der Waals surface area contributed by atoms with E-state index in [0.29, 0.717) is 0 Å². The molecule has 0 saturated carbocycles. The molecule has 0 aliphatic rings. The summed E-state index contributed by atoms with van der Waals surface area (Å²) in [6.07, 6.45) is 3.82. The normalized spacial score (nSPS) is 12.4.